The number of benzene rings is 1. The summed E-state index contributed by atoms with van der Waals surface area (Å²) in [7, 11) is 0. The molecule has 1 aromatic heterocycles. The fraction of sp³-hybridized carbons (Fsp3) is 0.471. The summed E-state index contributed by atoms with van der Waals surface area (Å²) in [5, 5.41) is 15.0. The summed E-state index contributed by atoms with van der Waals surface area (Å²) in [6.07, 6.45) is 2.07. The third-order valence-electron chi connectivity index (χ3n) is 3.62. The Morgan fingerprint density at radius 3 is 2.38 bits per heavy atom. The molecular formula is C17H23BrN2O. The van der Waals surface area contributed by atoms with E-state index in [1.54, 1.807) is 6.20 Å². The SMILES string of the molecule is CCCn1ncc(Br)c1C(O)c1ccc(C(C)(C)C)cc1. The highest BCUT2D eigenvalue weighted by molar-refractivity contribution is 9.10. The molecule has 1 heterocycles. The smallest absolute Gasteiger partial charge is 0.122 e. The number of aryl methyl sites for hydroxylation is 1. The quantitative estimate of drug-likeness (QED) is 0.885. The maximum absolute atomic E-state index is 10.7. The van der Waals surface area contributed by atoms with Crippen LogP contribution >= 0.6 is 15.9 Å². The molecule has 0 saturated carbocycles. The van der Waals surface area contributed by atoms with Gasteiger partial charge in [0.2, 0.25) is 0 Å². The number of aliphatic hydroxyl groups excluding tert-OH is 1. The fourth-order valence-electron chi connectivity index (χ4n) is 2.36. The third-order valence-corrected chi connectivity index (χ3v) is 4.23. The summed E-state index contributed by atoms with van der Waals surface area (Å²) >= 11 is 3.49. The van der Waals surface area contributed by atoms with Gasteiger partial charge in [0.1, 0.15) is 6.10 Å². The van der Waals surface area contributed by atoms with Crippen molar-refractivity contribution in [2.75, 3.05) is 0 Å². The van der Waals surface area contributed by atoms with Crippen molar-refractivity contribution in [3.05, 3.63) is 51.8 Å². The molecule has 4 heteroatoms. The molecule has 3 nitrogen and oxygen atoms in total. The maximum Gasteiger partial charge on any atom is 0.122 e. The van der Waals surface area contributed by atoms with E-state index in [0.29, 0.717) is 0 Å². The lowest BCUT2D eigenvalue weighted by molar-refractivity contribution is 0.206. The standard InChI is InChI=1S/C17H23BrN2O/c1-5-10-20-15(14(18)11-19-20)16(21)12-6-8-13(9-7-12)17(2,3)4/h6-9,11,16,21H,5,10H2,1-4H3. The van der Waals surface area contributed by atoms with Crippen LogP contribution in [0, 0.1) is 0 Å². The van der Waals surface area contributed by atoms with Crippen molar-refractivity contribution in [3.8, 4) is 0 Å². The third kappa shape index (κ3) is 3.55. The molecule has 0 aliphatic heterocycles. The average molecular weight is 351 g/mol. The summed E-state index contributed by atoms with van der Waals surface area (Å²) in [6.45, 7) is 9.46. The van der Waals surface area contributed by atoms with Gasteiger partial charge in [0.05, 0.1) is 16.4 Å². The van der Waals surface area contributed by atoms with E-state index in [1.165, 1.54) is 5.56 Å². The van der Waals surface area contributed by atoms with Crippen molar-refractivity contribution in [3.63, 3.8) is 0 Å². The van der Waals surface area contributed by atoms with Gasteiger partial charge in [-0.2, -0.15) is 5.10 Å². The molecule has 0 saturated heterocycles. The first-order chi connectivity index (χ1) is 9.84. The number of aromatic nitrogens is 2. The number of hydrogen-bond donors (Lipinski definition) is 1. The molecule has 2 rings (SSSR count). The first-order valence-corrected chi connectivity index (χ1v) is 8.13. The Hall–Kier alpha value is -1.13. The van der Waals surface area contributed by atoms with Crippen LogP contribution in [0.2, 0.25) is 0 Å². The van der Waals surface area contributed by atoms with Gasteiger partial charge in [-0.25, -0.2) is 0 Å². The minimum Gasteiger partial charge on any atom is -0.382 e. The van der Waals surface area contributed by atoms with E-state index in [9.17, 15) is 5.11 Å². The molecule has 2 aromatic rings. The second kappa shape index (κ2) is 6.32. The molecule has 1 atom stereocenters. The van der Waals surface area contributed by atoms with Gasteiger partial charge in [0.15, 0.2) is 0 Å². The molecule has 0 spiro atoms. The van der Waals surface area contributed by atoms with Crippen LogP contribution in [0.3, 0.4) is 0 Å². The Morgan fingerprint density at radius 2 is 1.86 bits per heavy atom. The predicted molar refractivity (Wildman–Crippen MR) is 89.4 cm³/mol. The molecule has 114 valence electrons. The lowest BCUT2D eigenvalue weighted by atomic mass is 9.86. The van der Waals surface area contributed by atoms with Crippen LogP contribution in [0.25, 0.3) is 0 Å². The Kier molecular flexibility index (Phi) is 4.89. The molecule has 0 aliphatic rings. The molecular weight excluding hydrogens is 328 g/mol. The number of aliphatic hydroxyl groups is 1. The van der Waals surface area contributed by atoms with Crippen LogP contribution < -0.4 is 0 Å². The highest BCUT2D eigenvalue weighted by Crippen LogP contribution is 2.30. The van der Waals surface area contributed by atoms with Gasteiger partial charge in [-0.3, -0.25) is 4.68 Å². The van der Waals surface area contributed by atoms with Crippen molar-refractivity contribution in [2.45, 2.75) is 52.2 Å². The molecule has 0 amide bonds. The van der Waals surface area contributed by atoms with E-state index < -0.39 is 6.10 Å². The van der Waals surface area contributed by atoms with Gasteiger partial charge in [-0.1, -0.05) is 52.0 Å². The van der Waals surface area contributed by atoms with Crippen LogP contribution in [0.15, 0.2) is 34.9 Å². The van der Waals surface area contributed by atoms with E-state index >= 15 is 0 Å². The topological polar surface area (TPSA) is 38.0 Å². The first-order valence-electron chi connectivity index (χ1n) is 7.34. The Balaban J connectivity index is 2.32. The molecule has 1 unspecified atom stereocenters. The minimum atomic E-state index is -0.664. The summed E-state index contributed by atoms with van der Waals surface area (Å²) in [5.74, 6) is 0. The van der Waals surface area contributed by atoms with E-state index in [1.807, 2.05) is 16.8 Å². The molecule has 0 radical (unpaired) electrons. The van der Waals surface area contributed by atoms with Gasteiger partial charge in [0.25, 0.3) is 0 Å². The number of rotatable bonds is 4. The zero-order valence-electron chi connectivity index (χ0n) is 13.1. The van der Waals surface area contributed by atoms with E-state index in [4.69, 9.17) is 0 Å². The van der Waals surface area contributed by atoms with Crippen molar-refractivity contribution in [1.29, 1.82) is 0 Å². The van der Waals surface area contributed by atoms with Crippen LogP contribution in [0.5, 0.6) is 0 Å². The number of halogens is 1. The number of hydrogen-bond acceptors (Lipinski definition) is 2. The van der Waals surface area contributed by atoms with Crippen molar-refractivity contribution in [1.82, 2.24) is 9.78 Å². The van der Waals surface area contributed by atoms with Crippen LogP contribution in [0.1, 0.15) is 57.0 Å². The first kappa shape index (κ1) is 16.2. The summed E-state index contributed by atoms with van der Waals surface area (Å²) in [6, 6.07) is 8.18. The van der Waals surface area contributed by atoms with Crippen LogP contribution in [0.4, 0.5) is 0 Å². The predicted octanol–water partition coefficient (Wildman–Crippen LogP) is 4.43. The number of nitrogens with zero attached hydrogens (tertiary/aromatic N) is 2. The van der Waals surface area contributed by atoms with E-state index in [2.05, 4.69) is 60.9 Å². The molecule has 21 heavy (non-hydrogen) atoms. The normalized spacial score (nSPS) is 13.4. The molecule has 1 N–H and O–H groups in total. The van der Waals surface area contributed by atoms with Gasteiger partial charge in [0, 0.05) is 6.54 Å². The lowest BCUT2D eigenvalue weighted by Crippen LogP contribution is -2.13. The molecule has 1 aromatic carbocycles. The molecule has 0 fully saturated rings. The molecule has 0 aliphatic carbocycles. The monoisotopic (exact) mass is 350 g/mol. The Bertz CT molecular complexity index is 596. The van der Waals surface area contributed by atoms with Gasteiger partial charge >= 0.3 is 0 Å². The molecule has 0 bridgehead atoms. The van der Waals surface area contributed by atoms with Crippen LogP contribution in [-0.2, 0) is 12.0 Å². The summed E-state index contributed by atoms with van der Waals surface area (Å²) in [4.78, 5) is 0. The van der Waals surface area contributed by atoms with Gasteiger partial charge in [-0.15, -0.1) is 0 Å². The summed E-state index contributed by atoms with van der Waals surface area (Å²) < 4.78 is 2.72. The second-order valence-electron chi connectivity index (χ2n) is 6.38. The van der Waals surface area contributed by atoms with E-state index in [0.717, 1.165) is 28.7 Å². The van der Waals surface area contributed by atoms with Crippen molar-refractivity contribution >= 4 is 15.9 Å². The summed E-state index contributed by atoms with van der Waals surface area (Å²) in [5.41, 5.74) is 3.09. The minimum absolute atomic E-state index is 0.119. The Labute approximate surface area is 135 Å². The zero-order chi connectivity index (χ0) is 15.6. The van der Waals surface area contributed by atoms with Gasteiger partial charge in [-0.05, 0) is 38.9 Å². The highest BCUT2D eigenvalue weighted by Gasteiger charge is 2.20. The van der Waals surface area contributed by atoms with E-state index in [-0.39, 0.29) is 5.41 Å². The fourth-order valence-corrected chi connectivity index (χ4v) is 2.87. The van der Waals surface area contributed by atoms with Crippen molar-refractivity contribution in [2.24, 2.45) is 0 Å². The second-order valence-corrected chi connectivity index (χ2v) is 7.23. The highest BCUT2D eigenvalue weighted by atomic mass is 79.9. The van der Waals surface area contributed by atoms with Gasteiger partial charge < -0.3 is 5.11 Å². The Morgan fingerprint density at radius 1 is 1.24 bits per heavy atom. The zero-order valence-corrected chi connectivity index (χ0v) is 14.7. The average Bonchev–Trinajstić information content (AvgIpc) is 2.79. The maximum atomic E-state index is 10.7. The van der Waals surface area contributed by atoms with Crippen LogP contribution in [-0.4, -0.2) is 14.9 Å². The van der Waals surface area contributed by atoms with Crippen molar-refractivity contribution < 1.29 is 5.11 Å². The largest absolute Gasteiger partial charge is 0.382 e. The lowest BCUT2D eigenvalue weighted by Gasteiger charge is -2.20.